The predicted octanol–water partition coefficient (Wildman–Crippen LogP) is 2.24. The van der Waals surface area contributed by atoms with Crippen molar-refractivity contribution in [1.82, 2.24) is 4.72 Å². The molecule has 2 aromatic carbocycles. The summed E-state index contributed by atoms with van der Waals surface area (Å²) in [6.45, 7) is 0.558. The summed E-state index contributed by atoms with van der Waals surface area (Å²) >= 11 is 0. The van der Waals surface area contributed by atoms with Crippen LogP contribution in [0.25, 0.3) is 0 Å². The molecular formula is C19H19FN2O4S. The van der Waals surface area contributed by atoms with Crippen molar-refractivity contribution in [3.63, 3.8) is 0 Å². The molecular weight excluding hydrogens is 371 g/mol. The molecule has 1 amide bonds. The molecule has 6 nitrogen and oxygen atoms in total. The Kier molecular flexibility index (Phi) is 4.61. The van der Waals surface area contributed by atoms with Crippen LogP contribution >= 0.6 is 0 Å². The van der Waals surface area contributed by atoms with Gasteiger partial charge in [-0.15, -0.1) is 0 Å². The van der Waals surface area contributed by atoms with Crippen molar-refractivity contribution in [2.75, 3.05) is 18.5 Å². The van der Waals surface area contributed by atoms with Gasteiger partial charge in [-0.3, -0.25) is 4.79 Å². The van der Waals surface area contributed by atoms with Crippen LogP contribution in [0.2, 0.25) is 0 Å². The van der Waals surface area contributed by atoms with E-state index in [-0.39, 0.29) is 24.8 Å². The van der Waals surface area contributed by atoms with Gasteiger partial charge < -0.3 is 10.1 Å². The fraction of sp³-hybridized carbons (Fsp3) is 0.316. The number of rotatable bonds is 4. The Morgan fingerprint density at radius 1 is 1.19 bits per heavy atom. The SMILES string of the molecule is O=C1CCc2cc(S(=O)(=O)NCC3COc4ccccc4C3)c(F)cc2N1. The first-order chi connectivity index (χ1) is 12.9. The lowest BCUT2D eigenvalue weighted by molar-refractivity contribution is -0.116. The largest absolute Gasteiger partial charge is 0.493 e. The molecule has 0 spiro atoms. The normalized spacial score (nSPS) is 18.9. The lowest BCUT2D eigenvalue weighted by atomic mass is 9.97. The molecule has 27 heavy (non-hydrogen) atoms. The Balaban J connectivity index is 1.49. The van der Waals surface area contributed by atoms with E-state index >= 15 is 0 Å². The van der Waals surface area contributed by atoms with Gasteiger partial charge in [0.1, 0.15) is 16.5 Å². The molecule has 2 N–H and O–H groups in total. The van der Waals surface area contributed by atoms with Crippen LogP contribution < -0.4 is 14.8 Å². The second kappa shape index (κ2) is 6.94. The van der Waals surface area contributed by atoms with Crippen LogP contribution in [0, 0.1) is 11.7 Å². The van der Waals surface area contributed by atoms with Gasteiger partial charge in [0.05, 0.1) is 6.61 Å². The summed E-state index contributed by atoms with van der Waals surface area (Å²) in [7, 11) is -4.01. The van der Waals surface area contributed by atoms with E-state index in [4.69, 9.17) is 4.74 Å². The fourth-order valence-electron chi connectivity index (χ4n) is 3.41. The number of ether oxygens (including phenoxy) is 1. The number of amides is 1. The van der Waals surface area contributed by atoms with Crippen LogP contribution in [-0.2, 0) is 27.7 Å². The van der Waals surface area contributed by atoms with Gasteiger partial charge in [0.15, 0.2) is 0 Å². The highest BCUT2D eigenvalue weighted by Gasteiger charge is 2.26. The second-order valence-corrected chi connectivity index (χ2v) is 8.56. The highest BCUT2D eigenvalue weighted by atomic mass is 32.2. The summed E-state index contributed by atoms with van der Waals surface area (Å²) in [4.78, 5) is 11.0. The molecule has 0 saturated carbocycles. The molecule has 0 bridgehead atoms. The van der Waals surface area contributed by atoms with E-state index in [2.05, 4.69) is 10.0 Å². The lowest BCUT2D eigenvalue weighted by Crippen LogP contribution is -2.35. The zero-order valence-electron chi connectivity index (χ0n) is 14.5. The monoisotopic (exact) mass is 390 g/mol. The maximum absolute atomic E-state index is 14.4. The Labute approximate surface area is 156 Å². The van der Waals surface area contributed by atoms with Crippen molar-refractivity contribution in [1.29, 1.82) is 0 Å². The van der Waals surface area contributed by atoms with E-state index < -0.39 is 20.7 Å². The molecule has 0 saturated heterocycles. The number of sulfonamides is 1. The van der Waals surface area contributed by atoms with Crippen molar-refractivity contribution in [3.05, 3.63) is 53.3 Å². The number of carbonyl (C=O) groups is 1. The van der Waals surface area contributed by atoms with Crippen LogP contribution in [0.5, 0.6) is 5.75 Å². The van der Waals surface area contributed by atoms with E-state index in [9.17, 15) is 17.6 Å². The van der Waals surface area contributed by atoms with Crippen LogP contribution in [0.3, 0.4) is 0 Å². The second-order valence-electron chi connectivity index (χ2n) is 6.83. The predicted molar refractivity (Wildman–Crippen MR) is 97.7 cm³/mol. The number of nitrogens with one attached hydrogen (secondary N) is 2. The van der Waals surface area contributed by atoms with Crippen LogP contribution in [0.1, 0.15) is 17.5 Å². The Morgan fingerprint density at radius 2 is 2.00 bits per heavy atom. The van der Waals surface area contributed by atoms with Crippen LogP contribution in [-0.4, -0.2) is 27.5 Å². The number of carbonyl (C=O) groups excluding carboxylic acids is 1. The molecule has 0 aliphatic carbocycles. The summed E-state index contributed by atoms with van der Waals surface area (Å²) in [5.41, 5.74) is 1.98. The molecule has 4 rings (SSSR count). The van der Waals surface area contributed by atoms with Gasteiger partial charge in [-0.25, -0.2) is 17.5 Å². The maximum Gasteiger partial charge on any atom is 0.243 e. The minimum absolute atomic E-state index is 0.0327. The molecule has 2 aromatic rings. The van der Waals surface area contributed by atoms with Crippen molar-refractivity contribution >= 4 is 21.6 Å². The van der Waals surface area contributed by atoms with Crippen LogP contribution in [0.4, 0.5) is 10.1 Å². The topological polar surface area (TPSA) is 84.5 Å². The summed E-state index contributed by atoms with van der Waals surface area (Å²) in [6.07, 6.45) is 1.33. The molecule has 1 atom stereocenters. The lowest BCUT2D eigenvalue weighted by Gasteiger charge is -2.25. The molecule has 2 heterocycles. The van der Waals surface area contributed by atoms with Crippen molar-refractivity contribution in [2.24, 2.45) is 5.92 Å². The minimum atomic E-state index is -4.01. The molecule has 0 radical (unpaired) electrons. The van der Waals surface area contributed by atoms with Gasteiger partial charge in [-0.2, -0.15) is 0 Å². The number of anilines is 1. The van der Waals surface area contributed by atoms with E-state index in [1.165, 1.54) is 6.07 Å². The van der Waals surface area contributed by atoms with E-state index in [0.717, 1.165) is 17.4 Å². The first kappa shape index (κ1) is 17.9. The number of halogens is 1. The average Bonchev–Trinajstić information content (AvgIpc) is 2.65. The van der Waals surface area contributed by atoms with Gasteiger partial charge in [0, 0.05) is 24.6 Å². The fourth-order valence-corrected chi connectivity index (χ4v) is 4.64. The van der Waals surface area contributed by atoms with E-state index in [1.54, 1.807) is 0 Å². The average molecular weight is 390 g/mol. The number of fused-ring (bicyclic) bond motifs is 2. The molecule has 2 aliphatic heterocycles. The summed E-state index contributed by atoms with van der Waals surface area (Å²) in [5, 5.41) is 2.56. The Bertz CT molecular complexity index is 1010. The highest BCUT2D eigenvalue weighted by Crippen LogP contribution is 2.29. The third-order valence-electron chi connectivity index (χ3n) is 4.86. The zero-order chi connectivity index (χ0) is 19.0. The number of hydrogen-bond acceptors (Lipinski definition) is 4. The molecule has 142 valence electrons. The van der Waals surface area contributed by atoms with Crippen molar-refractivity contribution in [2.45, 2.75) is 24.2 Å². The molecule has 1 unspecified atom stereocenters. The molecule has 8 heteroatoms. The molecule has 0 fully saturated rings. The van der Waals surface area contributed by atoms with E-state index in [0.29, 0.717) is 30.7 Å². The maximum atomic E-state index is 14.4. The van der Waals surface area contributed by atoms with E-state index in [1.807, 2.05) is 24.3 Å². The standard InChI is InChI=1S/C19H19FN2O4S/c20-15-9-16-13(5-6-19(23)22-16)8-18(15)27(24,25)21-10-12-7-14-3-1-2-4-17(14)26-11-12/h1-4,8-9,12,21H,5-7,10-11H2,(H,22,23). The van der Waals surface area contributed by atoms with Crippen molar-refractivity contribution in [3.8, 4) is 5.75 Å². The minimum Gasteiger partial charge on any atom is -0.493 e. The first-order valence-corrected chi connectivity index (χ1v) is 10.2. The Hall–Kier alpha value is -2.45. The number of hydrogen-bond donors (Lipinski definition) is 2. The van der Waals surface area contributed by atoms with Gasteiger partial charge in [0.2, 0.25) is 15.9 Å². The summed E-state index contributed by atoms with van der Waals surface area (Å²) in [6, 6.07) is 10.0. The van der Waals surface area contributed by atoms with Gasteiger partial charge >= 0.3 is 0 Å². The third kappa shape index (κ3) is 3.68. The number of benzene rings is 2. The molecule has 2 aliphatic rings. The number of para-hydroxylation sites is 1. The summed E-state index contributed by atoms with van der Waals surface area (Å²) < 4.78 is 47.8. The van der Waals surface area contributed by atoms with Gasteiger partial charge in [-0.05, 0) is 42.2 Å². The summed E-state index contributed by atoms with van der Waals surface area (Å²) in [5.74, 6) is -0.295. The number of aryl methyl sites for hydroxylation is 1. The zero-order valence-corrected chi connectivity index (χ0v) is 15.3. The van der Waals surface area contributed by atoms with Crippen LogP contribution in [0.15, 0.2) is 41.3 Å². The Morgan fingerprint density at radius 3 is 2.85 bits per heavy atom. The van der Waals surface area contributed by atoms with Crippen molar-refractivity contribution < 1.29 is 22.3 Å². The highest BCUT2D eigenvalue weighted by molar-refractivity contribution is 7.89. The first-order valence-electron chi connectivity index (χ1n) is 8.75. The quantitative estimate of drug-likeness (QED) is 0.839. The van der Waals surface area contributed by atoms with Gasteiger partial charge in [-0.1, -0.05) is 18.2 Å². The smallest absolute Gasteiger partial charge is 0.243 e. The third-order valence-corrected chi connectivity index (χ3v) is 6.30. The van der Waals surface area contributed by atoms with Gasteiger partial charge in [0.25, 0.3) is 0 Å². The molecule has 0 aromatic heterocycles.